The molecule has 0 aromatic heterocycles. The molecule has 0 saturated heterocycles. The van der Waals surface area contributed by atoms with Crippen LogP contribution in [0.3, 0.4) is 0 Å². The first kappa shape index (κ1) is 14.0. The van der Waals surface area contributed by atoms with Gasteiger partial charge in [-0.25, -0.2) is 0 Å². The van der Waals surface area contributed by atoms with Gasteiger partial charge in [0.2, 0.25) is 0 Å². The summed E-state index contributed by atoms with van der Waals surface area (Å²) in [5.41, 5.74) is 1.32. The highest BCUT2D eigenvalue weighted by atomic mass is 16.5. The second kappa shape index (κ2) is 8.13. The van der Waals surface area contributed by atoms with Crippen molar-refractivity contribution in [1.82, 2.24) is 5.32 Å². The smallest absolute Gasteiger partial charge is 0.119 e. The lowest BCUT2D eigenvalue weighted by molar-refractivity contribution is 0.317. The summed E-state index contributed by atoms with van der Waals surface area (Å²) in [5, 5.41) is 3.56. The van der Waals surface area contributed by atoms with E-state index in [2.05, 4.69) is 50.4 Å². The highest BCUT2D eigenvalue weighted by molar-refractivity contribution is 5.27. The van der Waals surface area contributed by atoms with Gasteiger partial charge in [0.15, 0.2) is 0 Å². The maximum Gasteiger partial charge on any atom is 0.119 e. The van der Waals surface area contributed by atoms with E-state index in [4.69, 9.17) is 4.74 Å². The van der Waals surface area contributed by atoms with E-state index in [-0.39, 0.29) is 0 Å². The molecular formula is C15H25NO. The van der Waals surface area contributed by atoms with Gasteiger partial charge in [0.25, 0.3) is 0 Å². The van der Waals surface area contributed by atoms with E-state index >= 15 is 0 Å². The summed E-state index contributed by atoms with van der Waals surface area (Å²) in [6.45, 7) is 8.31. The van der Waals surface area contributed by atoms with Gasteiger partial charge in [0, 0.05) is 12.6 Å². The van der Waals surface area contributed by atoms with Gasteiger partial charge in [-0.3, -0.25) is 0 Å². The largest absolute Gasteiger partial charge is 0.494 e. The molecule has 0 radical (unpaired) electrons. The van der Waals surface area contributed by atoms with Crippen molar-refractivity contribution < 1.29 is 4.74 Å². The van der Waals surface area contributed by atoms with Crippen LogP contribution in [0.1, 0.15) is 45.6 Å². The molecule has 96 valence electrons. The SMILES string of the molecule is CCCOc1ccc(CNC(CC)CC)cc1. The third-order valence-corrected chi connectivity index (χ3v) is 2.98. The lowest BCUT2D eigenvalue weighted by Crippen LogP contribution is -2.26. The van der Waals surface area contributed by atoms with Crippen molar-refractivity contribution in [3.63, 3.8) is 0 Å². The Kier molecular flexibility index (Phi) is 6.71. The van der Waals surface area contributed by atoms with Gasteiger partial charge in [-0.1, -0.05) is 32.9 Å². The van der Waals surface area contributed by atoms with E-state index < -0.39 is 0 Å². The van der Waals surface area contributed by atoms with Crippen LogP contribution in [0.25, 0.3) is 0 Å². The van der Waals surface area contributed by atoms with Crippen LogP contribution in [0.5, 0.6) is 5.75 Å². The van der Waals surface area contributed by atoms with Gasteiger partial charge in [0.05, 0.1) is 6.61 Å². The van der Waals surface area contributed by atoms with E-state index in [1.54, 1.807) is 0 Å². The third-order valence-electron chi connectivity index (χ3n) is 2.98. The normalized spacial score (nSPS) is 10.8. The fourth-order valence-corrected chi connectivity index (χ4v) is 1.76. The fourth-order valence-electron chi connectivity index (χ4n) is 1.76. The minimum Gasteiger partial charge on any atom is -0.494 e. The van der Waals surface area contributed by atoms with Crippen LogP contribution in [-0.2, 0) is 6.54 Å². The highest BCUT2D eigenvalue weighted by Gasteiger charge is 2.02. The number of hydrogen-bond donors (Lipinski definition) is 1. The van der Waals surface area contributed by atoms with Crippen molar-refractivity contribution >= 4 is 0 Å². The second-order valence-electron chi connectivity index (χ2n) is 4.39. The Morgan fingerprint density at radius 1 is 1.06 bits per heavy atom. The minimum atomic E-state index is 0.631. The zero-order valence-corrected chi connectivity index (χ0v) is 11.3. The first-order valence-electron chi connectivity index (χ1n) is 6.75. The molecule has 0 saturated carbocycles. The average molecular weight is 235 g/mol. The summed E-state index contributed by atoms with van der Waals surface area (Å²) >= 11 is 0. The van der Waals surface area contributed by atoms with E-state index in [1.165, 1.54) is 18.4 Å². The lowest BCUT2D eigenvalue weighted by atomic mass is 10.1. The van der Waals surface area contributed by atoms with E-state index in [0.717, 1.165) is 25.3 Å². The van der Waals surface area contributed by atoms with Crippen molar-refractivity contribution in [2.75, 3.05) is 6.61 Å². The molecule has 0 spiro atoms. The van der Waals surface area contributed by atoms with Crippen molar-refractivity contribution in [3.05, 3.63) is 29.8 Å². The maximum atomic E-state index is 5.56. The van der Waals surface area contributed by atoms with Gasteiger partial charge in [-0.15, -0.1) is 0 Å². The quantitative estimate of drug-likeness (QED) is 0.741. The van der Waals surface area contributed by atoms with E-state index in [1.807, 2.05) is 0 Å². The molecule has 1 rings (SSSR count). The molecule has 0 aliphatic rings. The van der Waals surface area contributed by atoms with Crippen molar-refractivity contribution in [3.8, 4) is 5.75 Å². The van der Waals surface area contributed by atoms with Gasteiger partial charge < -0.3 is 10.1 Å². The molecule has 0 aliphatic carbocycles. The average Bonchev–Trinajstić information content (AvgIpc) is 2.39. The summed E-state index contributed by atoms with van der Waals surface area (Å²) in [6.07, 6.45) is 3.43. The standard InChI is InChI=1S/C15H25NO/c1-4-11-17-15-9-7-13(8-10-15)12-16-14(5-2)6-3/h7-10,14,16H,4-6,11-12H2,1-3H3. The first-order chi connectivity index (χ1) is 8.30. The lowest BCUT2D eigenvalue weighted by Gasteiger charge is -2.14. The van der Waals surface area contributed by atoms with Gasteiger partial charge in [0.1, 0.15) is 5.75 Å². The molecular weight excluding hydrogens is 210 g/mol. The fraction of sp³-hybridized carbons (Fsp3) is 0.600. The predicted molar refractivity (Wildman–Crippen MR) is 73.4 cm³/mol. The third kappa shape index (κ3) is 5.22. The first-order valence-corrected chi connectivity index (χ1v) is 6.75. The Bertz CT molecular complexity index is 290. The zero-order valence-electron chi connectivity index (χ0n) is 11.3. The Hall–Kier alpha value is -1.02. The minimum absolute atomic E-state index is 0.631. The summed E-state index contributed by atoms with van der Waals surface area (Å²) in [4.78, 5) is 0. The van der Waals surface area contributed by atoms with Crippen LogP contribution >= 0.6 is 0 Å². The van der Waals surface area contributed by atoms with Crippen molar-refractivity contribution in [2.24, 2.45) is 0 Å². The molecule has 0 amide bonds. The monoisotopic (exact) mass is 235 g/mol. The number of ether oxygens (including phenoxy) is 1. The molecule has 0 heterocycles. The number of nitrogens with one attached hydrogen (secondary N) is 1. The molecule has 1 N–H and O–H groups in total. The van der Waals surface area contributed by atoms with Crippen LogP contribution in [-0.4, -0.2) is 12.6 Å². The predicted octanol–water partition coefficient (Wildman–Crippen LogP) is 3.75. The maximum absolute atomic E-state index is 5.56. The molecule has 1 aromatic carbocycles. The van der Waals surface area contributed by atoms with Gasteiger partial charge in [-0.05, 0) is 37.0 Å². The van der Waals surface area contributed by atoms with Crippen LogP contribution in [0.4, 0.5) is 0 Å². The van der Waals surface area contributed by atoms with E-state index in [9.17, 15) is 0 Å². The summed E-state index contributed by atoms with van der Waals surface area (Å²) in [5.74, 6) is 0.970. The van der Waals surface area contributed by atoms with Crippen molar-refractivity contribution in [1.29, 1.82) is 0 Å². The molecule has 2 heteroatoms. The Balaban J connectivity index is 2.39. The Labute approximate surface area is 105 Å². The zero-order chi connectivity index (χ0) is 12.5. The molecule has 0 fully saturated rings. The van der Waals surface area contributed by atoms with Crippen LogP contribution < -0.4 is 10.1 Å². The van der Waals surface area contributed by atoms with Crippen LogP contribution in [0, 0.1) is 0 Å². The molecule has 0 bridgehead atoms. The van der Waals surface area contributed by atoms with Crippen LogP contribution in [0.15, 0.2) is 24.3 Å². The number of benzene rings is 1. The van der Waals surface area contributed by atoms with Crippen molar-refractivity contribution in [2.45, 2.75) is 52.6 Å². The summed E-state index contributed by atoms with van der Waals surface area (Å²) in [6, 6.07) is 9.02. The topological polar surface area (TPSA) is 21.3 Å². The molecule has 2 nitrogen and oxygen atoms in total. The Morgan fingerprint density at radius 3 is 2.24 bits per heavy atom. The van der Waals surface area contributed by atoms with Gasteiger partial charge >= 0.3 is 0 Å². The molecule has 0 unspecified atom stereocenters. The molecule has 17 heavy (non-hydrogen) atoms. The van der Waals surface area contributed by atoms with E-state index in [0.29, 0.717) is 6.04 Å². The summed E-state index contributed by atoms with van der Waals surface area (Å²) in [7, 11) is 0. The molecule has 1 aromatic rings. The van der Waals surface area contributed by atoms with Gasteiger partial charge in [-0.2, -0.15) is 0 Å². The number of hydrogen-bond acceptors (Lipinski definition) is 2. The molecule has 0 aliphatic heterocycles. The second-order valence-corrected chi connectivity index (χ2v) is 4.39. The van der Waals surface area contributed by atoms with Crippen LogP contribution in [0.2, 0.25) is 0 Å². The Morgan fingerprint density at radius 2 is 1.71 bits per heavy atom. The molecule has 0 atom stereocenters. The highest BCUT2D eigenvalue weighted by Crippen LogP contribution is 2.12. The number of rotatable bonds is 8. The summed E-state index contributed by atoms with van der Waals surface area (Å²) < 4.78 is 5.56.